The van der Waals surface area contributed by atoms with Gasteiger partial charge in [-0.25, -0.2) is 14.3 Å². The zero-order chi connectivity index (χ0) is 25.0. The van der Waals surface area contributed by atoms with Crippen molar-refractivity contribution in [1.82, 2.24) is 19.7 Å². The largest absolute Gasteiger partial charge is 0.479 e. The molecule has 0 spiro atoms. The third kappa shape index (κ3) is 6.17. The Balaban J connectivity index is 1.90. The van der Waals surface area contributed by atoms with Crippen molar-refractivity contribution in [1.29, 1.82) is 0 Å². The molecule has 0 bridgehead atoms. The Morgan fingerprint density at radius 1 is 1.09 bits per heavy atom. The summed E-state index contributed by atoms with van der Waals surface area (Å²) in [7, 11) is 0. The number of hydrogen-bond donors (Lipinski definition) is 2. The van der Waals surface area contributed by atoms with Gasteiger partial charge in [-0.15, -0.1) is 5.10 Å². The first-order chi connectivity index (χ1) is 16.0. The van der Waals surface area contributed by atoms with Gasteiger partial charge in [0, 0.05) is 27.7 Å². The van der Waals surface area contributed by atoms with Crippen molar-refractivity contribution >= 4 is 35.1 Å². The number of carbonyl (C=O) groups is 2. The van der Waals surface area contributed by atoms with Crippen LogP contribution in [0.3, 0.4) is 0 Å². The number of aliphatic carboxylic acids is 1. The standard InChI is InChI=1S/C21H17Cl2F3N4O4/c22-13-7-5-12(6-8-13)18-28-30(20(34)29(18)10-9-21(24,25)26)11-16(31)27-17(19(32)33)14-3-1-2-4-15(14)23/h1-8,17H,9-11H2,(H,27,31)(H,32,33). The molecule has 2 N–H and O–H groups in total. The predicted molar refractivity (Wildman–Crippen MR) is 118 cm³/mol. The van der Waals surface area contributed by atoms with Gasteiger partial charge in [0.25, 0.3) is 0 Å². The SMILES string of the molecule is O=C(Cn1nc(-c2ccc(Cl)cc2)n(CCC(F)(F)F)c1=O)NC(C(=O)O)c1ccccc1Cl. The number of alkyl halides is 3. The Morgan fingerprint density at radius 2 is 1.74 bits per heavy atom. The maximum Gasteiger partial charge on any atom is 0.390 e. The number of hydrogen-bond acceptors (Lipinski definition) is 4. The summed E-state index contributed by atoms with van der Waals surface area (Å²) in [6, 6.07) is 10.4. The van der Waals surface area contributed by atoms with Crippen molar-refractivity contribution in [3.8, 4) is 11.4 Å². The molecule has 0 aliphatic rings. The molecule has 1 heterocycles. The number of rotatable bonds is 8. The zero-order valence-corrected chi connectivity index (χ0v) is 18.7. The molecule has 0 fully saturated rings. The van der Waals surface area contributed by atoms with E-state index in [9.17, 15) is 32.7 Å². The molecule has 1 atom stereocenters. The fourth-order valence-electron chi connectivity index (χ4n) is 3.12. The van der Waals surface area contributed by atoms with Crippen LogP contribution < -0.4 is 11.0 Å². The summed E-state index contributed by atoms with van der Waals surface area (Å²) in [6.45, 7) is -1.45. The minimum atomic E-state index is -4.53. The highest BCUT2D eigenvalue weighted by Crippen LogP contribution is 2.24. The summed E-state index contributed by atoms with van der Waals surface area (Å²) in [6.07, 6.45) is -5.82. The highest BCUT2D eigenvalue weighted by molar-refractivity contribution is 6.31. The lowest BCUT2D eigenvalue weighted by Crippen LogP contribution is -2.38. The smallest absolute Gasteiger partial charge is 0.390 e. The molecule has 0 aliphatic carbocycles. The molecule has 0 radical (unpaired) electrons. The van der Waals surface area contributed by atoms with Crippen molar-refractivity contribution in [2.45, 2.75) is 31.7 Å². The Bertz CT molecular complexity index is 1260. The van der Waals surface area contributed by atoms with E-state index in [0.29, 0.717) is 15.3 Å². The van der Waals surface area contributed by atoms with Crippen LogP contribution in [-0.4, -0.2) is 37.5 Å². The molecule has 0 saturated heterocycles. The molecule has 1 aromatic heterocycles. The summed E-state index contributed by atoms with van der Waals surface area (Å²) in [5.74, 6) is -2.40. The molecule has 13 heteroatoms. The Hall–Kier alpha value is -3.31. The third-order valence-corrected chi connectivity index (χ3v) is 5.30. The first-order valence-electron chi connectivity index (χ1n) is 9.73. The van der Waals surface area contributed by atoms with Gasteiger partial charge in [-0.05, 0) is 30.3 Å². The van der Waals surface area contributed by atoms with E-state index in [0.717, 1.165) is 4.57 Å². The fraction of sp³-hybridized carbons (Fsp3) is 0.238. The Labute approximate surface area is 200 Å². The lowest BCUT2D eigenvalue weighted by Gasteiger charge is -2.16. The van der Waals surface area contributed by atoms with Crippen molar-refractivity contribution in [2.24, 2.45) is 0 Å². The van der Waals surface area contributed by atoms with E-state index in [1.54, 1.807) is 6.07 Å². The van der Waals surface area contributed by atoms with Crippen LogP contribution in [0.15, 0.2) is 53.3 Å². The van der Waals surface area contributed by atoms with Gasteiger partial charge >= 0.3 is 17.8 Å². The van der Waals surface area contributed by atoms with Gasteiger partial charge in [-0.3, -0.25) is 9.36 Å². The summed E-state index contributed by atoms with van der Waals surface area (Å²) in [5.41, 5.74) is -0.536. The van der Waals surface area contributed by atoms with Crippen molar-refractivity contribution in [2.75, 3.05) is 0 Å². The van der Waals surface area contributed by atoms with Crippen LogP contribution in [0.25, 0.3) is 11.4 Å². The number of amides is 1. The highest BCUT2D eigenvalue weighted by atomic mass is 35.5. The molecule has 1 unspecified atom stereocenters. The van der Waals surface area contributed by atoms with Gasteiger partial charge in [-0.2, -0.15) is 13.2 Å². The average molecular weight is 517 g/mol. The van der Waals surface area contributed by atoms with Crippen LogP contribution in [0.1, 0.15) is 18.0 Å². The lowest BCUT2D eigenvalue weighted by molar-refractivity contribution is -0.142. The molecular weight excluding hydrogens is 500 g/mol. The maximum absolute atomic E-state index is 12.8. The number of nitrogens with one attached hydrogen (secondary N) is 1. The van der Waals surface area contributed by atoms with E-state index < -0.39 is 49.3 Å². The molecule has 8 nitrogen and oxygen atoms in total. The highest BCUT2D eigenvalue weighted by Gasteiger charge is 2.29. The minimum absolute atomic E-state index is 0.0976. The van der Waals surface area contributed by atoms with Crippen molar-refractivity contribution < 1.29 is 27.9 Å². The number of carbonyl (C=O) groups excluding carboxylic acids is 1. The van der Waals surface area contributed by atoms with Gasteiger partial charge in [-0.1, -0.05) is 41.4 Å². The van der Waals surface area contributed by atoms with E-state index in [-0.39, 0.29) is 16.4 Å². The molecule has 1 amide bonds. The van der Waals surface area contributed by atoms with Gasteiger partial charge in [0.1, 0.15) is 6.54 Å². The second-order valence-corrected chi connectivity index (χ2v) is 7.99. The number of aromatic nitrogens is 3. The molecule has 0 saturated carbocycles. The fourth-order valence-corrected chi connectivity index (χ4v) is 3.49. The average Bonchev–Trinajstić information content (AvgIpc) is 3.06. The number of nitrogens with zero attached hydrogens (tertiary/aromatic N) is 3. The summed E-state index contributed by atoms with van der Waals surface area (Å²) >= 11 is 11.9. The van der Waals surface area contributed by atoms with Crippen LogP contribution in [0.4, 0.5) is 13.2 Å². The third-order valence-electron chi connectivity index (χ3n) is 4.71. The number of halogens is 5. The molecule has 0 aliphatic heterocycles. The number of benzene rings is 2. The Kier molecular flexibility index (Phi) is 7.68. The molecule has 180 valence electrons. The summed E-state index contributed by atoms with van der Waals surface area (Å²) < 4.78 is 39.9. The van der Waals surface area contributed by atoms with Gasteiger partial charge < -0.3 is 10.4 Å². The number of carboxylic acids is 1. The summed E-state index contributed by atoms with van der Waals surface area (Å²) in [4.78, 5) is 37.0. The molecule has 34 heavy (non-hydrogen) atoms. The van der Waals surface area contributed by atoms with Gasteiger partial charge in [0.2, 0.25) is 5.91 Å². The number of carboxylic acid groups (broad SMARTS) is 1. The van der Waals surface area contributed by atoms with E-state index in [4.69, 9.17) is 23.2 Å². The van der Waals surface area contributed by atoms with Crippen LogP contribution in [0.2, 0.25) is 10.0 Å². The molecular formula is C21H17Cl2F3N4O4. The first-order valence-corrected chi connectivity index (χ1v) is 10.5. The first kappa shape index (κ1) is 25.3. The normalized spacial score (nSPS) is 12.4. The minimum Gasteiger partial charge on any atom is -0.479 e. The second kappa shape index (κ2) is 10.3. The summed E-state index contributed by atoms with van der Waals surface area (Å²) in [5, 5.41) is 16.2. The van der Waals surface area contributed by atoms with Crippen LogP contribution in [-0.2, 0) is 22.7 Å². The van der Waals surface area contributed by atoms with Gasteiger partial charge in [0.15, 0.2) is 11.9 Å². The quantitative estimate of drug-likeness (QED) is 0.472. The monoisotopic (exact) mass is 516 g/mol. The molecule has 3 rings (SSSR count). The van der Waals surface area contributed by atoms with E-state index in [1.807, 2.05) is 0 Å². The maximum atomic E-state index is 12.8. The predicted octanol–water partition coefficient (Wildman–Crippen LogP) is 3.91. The zero-order valence-electron chi connectivity index (χ0n) is 17.2. The molecule has 2 aromatic carbocycles. The Morgan fingerprint density at radius 3 is 2.32 bits per heavy atom. The lowest BCUT2D eigenvalue weighted by atomic mass is 10.1. The van der Waals surface area contributed by atoms with E-state index in [1.165, 1.54) is 42.5 Å². The van der Waals surface area contributed by atoms with Crippen molar-refractivity contribution in [3.05, 3.63) is 74.6 Å². The van der Waals surface area contributed by atoms with Crippen molar-refractivity contribution in [3.63, 3.8) is 0 Å². The van der Waals surface area contributed by atoms with E-state index in [2.05, 4.69) is 10.4 Å². The second-order valence-electron chi connectivity index (χ2n) is 7.15. The van der Waals surface area contributed by atoms with E-state index >= 15 is 0 Å². The molecule has 3 aromatic rings. The van der Waals surface area contributed by atoms with Crippen LogP contribution >= 0.6 is 23.2 Å². The topological polar surface area (TPSA) is 106 Å². The van der Waals surface area contributed by atoms with Crippen LogP contribution in [0.5, 0.6) is 0 Å². The van der Waals surface area contributed by atoms with Crippen LogP contribution in [0, 0.1) is 0 Å². The van der Waals surface area contributed by atoms with Gasteiger partial charge in [0.05, 0.1) is 6.42 Å².